The lowest BCUT2D eigenvalue weighted by molar-refractivity contribution is -0.131. The van der Waals surface area contributed by atoms with Gasteiger partial charge < -0.3 is 9.64 Å². The molecule has 0 fully saturated rings. The van der Waals surface area contributed by atoms with E-state index in [0.717, 1.165) is 5.56 Å². The third kappa shape index (κ3) is 4.31. The number of amides is 1. The molecule has 0 aliphatic rings. The van der Waals surface area contributed by atoms with Gasteiger partial charge in [0.05, 0.1) is 17.9 Å². The summed E-state index contributed by atoms with van der Waals surface area (Å²) in [6.45, 7) is 2.85. The van der Waals surface area contributed by atoms with Gasteiger partial charge in [0, 0.05) is 20.7 Å². The van der Waals surface area contributed by atoms with Crippen molar-refractivity contribution in [3.63, 3.8) is 0 Å². The van der Waals surface area contributed by atoms with E-state index in [0.29, 0.717) is 13.2 Å². The maximum Gasteiger partial charge on any atom is 0.229 e. The number of hydrogen-bond donors (Lipinski definition) is 0. The molecular weight excluding hydrogens is 250 g/mol. The van der Waals surface area contributed by atoms with Crippen LogP contribution in [0, 0.1) is 0 Å². The van der Waals surface area contributed by atoms with E-state index in [-0.39, 0.29) is 17.2 Å². The second-order valence-corrected chi connectivity index (χ2v) is 5.02. The highest BCUT2D eigenvalue weighted by Crippen LogP contribution is 2.17. The van der Waals surface area contributed by atoms with Crippen molar-refractivity contribution < 1.29 is 9.53 Å². The molecule has 0 bridgehead atoms. The van der Waals surface area contributed by atoms with Crippen molar-refractivity contribution in [2.75, 3.05) is 27.3 Å². The highest BCUT2D eigenvalue weighted by Gasteiger charge is 2.20. The number of hydrogen-bond acceptors (Lipinski definition) is 2. The molecule has 2 atom stereocenters. The Morgan fingerprint density at radius 2 is 2.00 bits per heavy atom. The molecule has 0 aliphatic heterocycles. The van der Waals surface area contributed by atoms with Gasteiger partial charge in [0.2, 0.25) is 5.91 Å². The zero-order valence-electron chi connectivity index (χ0n) is 11.1. The smallest absolute Gasteiger partial charge is 0.229 e. The molecule has 0 spiro atoms. The zero-order valence-corrected chi connectivity index (χ0v) is 11.9. The fraction of sp³-hybridized carbons (Fsp3) is 0.500. The number of rotatable bonds is 6. The molecule has 100 valence electrons. The minimum atomic E-state index is -0.174. The Bertz CT molecular complexity index is 369. The largest absolute Gasteiger partial charge is 0.383 e. The van der Waals surface area contributed by atoms with E-state index < -0.39 is 0 Å². The Morgan fingerprint density at radius 3 is 2.56 bits per heavy atom. The van der Waals surface area contributed by atoms with Gasteiger partial charge >= 0.3 is 0 Å². The second-order valence-electron chi connectivity index (χ2n) is 4.40. The number of carbonyl (C=O) groups excluding carboxylic acids is 1. The third-order valence-corrected chi connectivity index (χ3v) is 3.13. The predicted octanol–water partition coefficient (Wildman–Crippen LogP) is 2.50. The van der Waals surface area contributed by atoms with Crippen molar-refractivity contribution in [3.05, 3.63) is 35.9 Å². The van der Waals surface area contributed by atoms with Crippen LogP contribution in [0.3, 0.4) is 0 Å². The van der Waals surface area contributed by atoms with E-state index in [1.165, 1.54) is 0 Å². The number of alkyl halides is 1. The first kappa shape index (κ1) is 15.0. The molecule has 0 saturated carbocycles. The van der Waals surface area contributed by atoms with Gasteiger partial charge in [0.25, 0.3) is 0 Å². The minimum absolute atomic E-state index is 0.0722. The van der Waals surface area contributed by atoms with Gasteiger partial charge in [-0.05, 0) is 12.5 Å². The van der Waals surface area contributed by atoms with Gasteiger partial charge in [0.1, 0.15) is 0 Å². The highest BCUT2D eigenvalue weighted by atomic mass is 35.5. The zero-order chi connectivity index (χ0) is 13.5. The van der Waals surface area contributed by atoms with Gasteiger partial charge in [-0.25, -0.2) is 0 Å². The Morgan fingerprint density at radius 1 is 1.39 bits per heavy atom. The van der Waals surface area contributed by atoms with Gasteiger partial charge in [0.15, 0.2) is 0 Å². The number of carbonyl (C=O) groups is 1. The molecule has 1 aromatic rings. The van der Waals surface area contributed by atoms with Crippen LogP contribution in [0.5, 0.6) is 0 Å². The van der Waals surface area contributed by atoms with Gasteiger partial charge in [-0.15, -0.1) is 11.6 Å². The van der Waals surface area contributed by atoms with Crippen molar-refractivity contribution in [2.45, 2.75) is 18.2 Å². The topological polar surface area (TPSA) is 29.5 Å². The van der Waals surface area contributed by atoms with Crippen molar-refractivity contribution in [1.29, 1.82) is 0 Å². The summed E-state index contributed by atoms with van der Waals surface area (Å²) in [7, 11) is 3.37. The quantitative estimate of drug-likeness (QED) is 0.743. The van der Waals surface area contributed by atoms with Crippen LogP contribution in [-0.2, 0) is 9.53 Å². The van der Waals surface area contributed by atoms with Crippen LogP contribution in [0.25, 0.3) is 0 Å². The fourth-order valence-electron chi connectivity index (χ4n) is 1.84. The first-order valence-corrected chi connectivity index (χ1v) is 6.42. The molecule has 1 aromatic carbocycles. The molecule has 0 aliphatic carbocycles. The van der Waals surface area contributed by atoms with Crippen LogP contribution in [0.2, 0.25) is 0 Å². The molecule has 0 aromatic heterocycles. The normalized spacial score (nSPS) is 14.0. The Labute approximate surface area is 114 Å². The SMILES string of the molecule is COCC(Cl)CN(C)C(=O)C(C)c1ccccc1. The summed E-state index contributed by atoms with van der Waals surface area (Å²) in [5, 5.41) is -0.174. The Balaban J connectivity index is 2.58. The number of halogens is 1. The van der Waals surface area contributed by atoms with E-state index in [1.54, 1.807) is 19.1 Å². The van der Waals surface area contributed by atoms with Crippen molar-refractivity contribution in [1.82, 2.24) is 4.90 Å². The minimum Gasteiger partial charge on any atom is -0.383 e. The molecule has 0 radical (unpaired) electrons. The molecule has 0 N–H and O–H groups in total. The predicted molar refractivity (Wildman–Crippen MR) is 74.0 cm³/mol. The monoisotopic (exact) mass is 269 g/mol. The number of nitrogens with zero attached hydrogens (tertiary/aromatic N) is 1. The summed E-state index contributed by atoms with van der Waals surface area (Å²) < 4.78 is 4.96. The molecule has 4 heteroatoms. The van der Waals surface area contributed by atoms with Crippen LogP contribution in [-0.4, -0.2) is 43.5 Å². The first-order chi connectivity index (χ1) is 8.56. The van der Waals surface area contributed by atoms with Crippen molar-refractivity contribution >= 4 is 17.5 Å². The average molecular weight is 270 g/mol. The first-order valence-electron chi connectivity index (χ1n) is 5.99. The fourth-order valence-corrected chi connectivity index (χ4v) is 2.17. The lowest BCUT2D eigenvalue weighted by Gasteiger charge is -2.23. The number of ether oxygens (including phenoxy) is 1. The Kier molecular flexibility index (Phi) is 6.16. The molecule has 3 nitrogen and oxygen atoms in total. The molecular formula is C14H20ClNO2. The maximum atomic E-state index is 12.2. The molecule has 18 heavy (non-hydrogen) atoms. The average Bonchev–Trinajstić information content (AvgIpc) is 2.38. The van der Waals surface area contributed by atoms with Gasteiger partial charge in [-0.1, -0.05) is 30.3 Å². The molecule has 2 unspecified atom stereocenters. The summed E-state index contributed by atoms with van der Waals surface area (Å²) >= 11 is 6.05. The summed E-state index contributed by atoms with van der Waals surface area (Å²) in [5.41, 5.74) is 1.02. The number of likely N-dealkylation sites (N-methyl/N-ethyl adjacent to an activating group) is 1. The Hall–Kier alpha value is -1.06. The van der Waals surface area contributed by atoms with E-state index in [2.05, 4.69) is 0 Å². The van der Waals surface area contributed by atoms with E-state index in [4.69, 9.17) is 16.3 Å². The van der Waals surface area contributed by atoms with Crippen LogP contribution >= 0.6 is 11.6 Å². The van der Waals surface area contributed by atoms with E-state index >= 15 is 0 Å². The van der Waals surface area contributed by atoms with Crippen LogP contribution in [0.1, 0.15) is 18.4 Å². The summed E-state index contributed by atoms with van der Waals surface area (Å²) in [6.07, 6.45) is 0. The number of benzene rings is 1. The van der Waals surface area contributed by atoms with E-state index in [9.17, 15) is 4.79 Å². The van der Waals surface area contributed by atoms with Crippen molar-refractivity contribution in [2.24, 2.45) is 0 Å². The molecule has 0 heterocycles. The third-order valence-electron chi connectivity index (χ3n) is 2.87. The summed E-state index contributed by atoms with van der Waals surface area (Å²) in [6, 6.07) is 9.74. The summed E-state index contributed by atoms with van der Waals surface area (Å²) in [5.74, 6) is -0.0782. The van der Waals surface area contributed by atoms with Crippen molar-refractivity contribution in [3.8, 4) is 0 Å². The van der Waals surface area contributed by atoms with Crippen LogP contribution in [0.15, 0.2) is 30.3 Å². The molecule has 0 saturated heterocycles. The standard InChI is InChI=1S/C14H20ClNO2/c1-11(12-7-5-4-6-8-12)14(17)16(2)9-13(15)10-18-3/h4-8,11,13H,9-10H2,1-3H3. The lowest BCUT2D eigenvalue weighted by Crippen LogP contribution is -2.36. The summed E-state index contributed by atoms with van der Waals surface area (Å²) in [4.78, 5) is 13.9. The lowest BCUT2D eigenvalue weighted by atomic mass is 10.00. The second kappa shape index (κ2) is 7.39. The maximum absolute atomic E-state index is 12.2. The van der Waals surface area contributed by atoms with E-state index in [1.807, 2.05) is 37.3 Å². The molecule has 1 amide bonds. The van der Waals surface area contributed by atoms with Crippen LogP contribution < -0.4 is 0 Å². The number of methoxy groups -OCH3 is 1. The van der Waals surface area contributed by atoms with Crippen LogP contribution in [0.4, 0.5) is 0 Å². The molecule has 1 rings (SSSR count). The van der Waals surface area contributed by atoms with Gasteiger partial charge in [-0.2, -0.15) is 0 Å². The van der Waals surface area contributed by atoms with Gasteiger partial charge in [-0.3, -0.25) is 4.79 Å². The highest BCUT2D eigenvalue weighted by molar-refractivity contribution is 6.21.